The largest absolute Gasteiger partial charge is 0.481 e. The first-order chi connectivity index (χ1) is 7.93. The summed E-state index contributed by atoms with van der Waals surface area (Å²) in [5.74, 6) is 0.0333. The van der Waals surface area contributed by atoms with E-state index in [4.69, 9.17) is 10.8 Å². The molecule has 0 atom stereocenters. The molecule has 17 heavy (non-hydrogen) atoms. The fraction of sp³-hybridized carbons (Fsp3) is 0.700. The number of nitrogens with two attached hydrogens (primary N) is 1. The SMILES string of the molecule is CC(C)(C1CC1)n1c(N)nnc1SCC(=O)O. The Balaban J connectivity index is 2.25. The molecule has 3 N–H and O–H groups in total. The monoisotopic (exact) mass is 256 g/mol. The van der Waals surface area contributed by atoms with Gasteiger partial charge in [0.1, 0.15) is 0 Å². The fourth-order valence-electron chi connectivity index (χ4n) is 2.02. The number of aromatic nitrogens is 3. The van der Waals surface area contributed by atoms with Crippen molar-refractivity contribution < 1.29 is 9.90 Å². The average Bonchev–Trinajstić information content (AvgIpc) is 3.00. The summed E-state index contributed by atoms with van der Waals surface area (Å²) in [7, 11) is 0. The van der Waals surface area contributed by atoms with Crippen molar-refractivity contribution in [1.29, 1.82) is 0 Å². The van der Waals surface area contributed by atoms with Gasteiger partial charge in [-0.05, 0) is 32.6 Å². The molecule has 1 aliphatic carbocycles. The van der Waals surface area contributed by atoms with Crippen LogP contribution in [0.3, 0.4) is 0 Å². The quantitative estimate of drug-likeness (QED) is 0.768. The number of anilines is 1. The molecule has 94 valence electrons. The molecule has 0 saturated heterocycles. The van der Waals surface area contributed by atoms with Crippen molar-refractivity contribution in [1.82, 2.24) is 14.8 Å². The average molecular weight is 256 g/mol. The Hall–Kier alpha value is -1.24. The maximum atomic E-state index is 10.6. The van der Waals surface area contributed by atoms with Gasteiger partial charge in [-0.1, -0.05) is 11.8 Å². The molecule has 1 aromatic heterocycles. The molecule has 0 aliphatic heterocycles. The molecule has 1 aromatic rings. The van der Waals surface area contributed by atoms with Crippen LogP contribution in [0.25, 0.3) is 0 Å². The maximum Gasteiger partial charge on any atom is 0.313 e. The number of nitrogens with zero attached hydrogens (tertiary/aromatic N) is 3. The third kappa shape index (κ3) is 2.38. The number of carboxylic acids is 1. The van der Waals surface area contributed by atoms with Gasteiger partial charge < -0.3 is 10.8 Å². The number of thioether (sulfide) groups is 1. The smallest absolute Gasteiger partial charge is 0.313 e. The van der Waals surface area contributed by atoms with E-state index in [1.807, 2.05) is 4.57 Å². The summed E-state index contributed by atoms with van der Waals surface area (Å²) >= 11 is 1.16. The van der Waals surface area contributed by atoms with E-state index in [1.165, 1.54) is 12.8 Å². The Kier molecular flexibility index (Phi) is 3.03. The van der Waals surface area contributed by atoms with Gasteiger partial charge in [-0.3, -0.25) is 9.36 Å². The summed E-state index contributed by atoms with van der Waals surface area (Å²) in [6.07, 6.45) is 2.35. The number of rotatable bonds is 5. The molecule has 0 spiro atoms. The molecule has 0 amide bonds. The molecule has 0 radical (unpaired) electrons. The zero-order valence-corrected chi connectivity index (χ0v) is 10.7. The van der Waals surface area contributed by atoms with Gasteiger partial charge >= 0.3 is 5.97 Å². The van der Waals surface area contributed by atoms with Gasteiger partial charge in [0.2, 0.25) is 5.95 Å². The van der Waals surface area contributed by atoms with Crippen molar-refractivity contribution >= 4 is 23.7 Å². The first kappa shape index (κ1) is 12.2. The van der Waals surface area contributed by atoms with Crippen LogP contribution in [0.4, 0.5) is 5.95 Å². The van der Waals surface area contributed by atoms with E-state index in [9.17, 15) is 4.79 Å². The highest BCUT2D eigenvalue weighted by molar-refractivity contribution is 7.99. The molecule has 1 fully saturated rings. The zero-order valence-electron chi connectivity index (χ0n) is 9.88. The molecular formula is C10H16N4O2S. The third-order valence-corrected chi connectivity index (χ3v) is 4.05. The van der Waals surface area contributed by atoms with Gasteiger partial charge in [0.25, 0.3) is 0 Å². The van der Waals surface area contributed by atoms with Gasteiger partial charge in [0.05, 0.1) is 5.75 Å². The molecule has 7 heteroatoms. The lowest BCUT2D eigenvalue weighted by molar-refractivity contribution is -0.133. The minimum Gasteiger partial charge on any atom is -0.481 e. The van der Waals surface area contributed by atoms with Crippen LogP contribution in [-0.2, 0) is 10.3 Å². The molecule has 0 unspecified atom stereocenters. The number of nitrogen functional groups attached to an aromatic ring is 1. The Morgan fingerprint density at radius 2 is 2.24 bits per heavy atom. The van der Waals surface area contributed by atoms with Crippen molar-refractivity contribution in [2.75, 3.05) is 11.5 Å². The van der Waals surface area contributed by atoms with E-state index in [0.29, 0.717) is 17.0 Å². The lowest BCUT2D eigenvalue weighted by Crippen LogP contribution is -2.30. The highest BCUT2D eigenvalue weighted by atomic mass is 32.2. The summed E-state index contributed by atoms with van der Waals surface area (Å²) in [6.45, 7) is 4.18. The van der Waals surface area contributed by atoms with Crippen LogP contribution in [0.5, 0.6) is 0 Å². The number of aliphatic carboxylic acids is 1. The minimum atomic E-state index is -0.868. The molecule has 1 aliphatic rings. The molecule has 6 nitrogen and oxygen atoms in total. The van der Waals surface area contributed by atoms with Crippen LogP contribution >= 0.6 is 11.8 Å². The zero-order chi connectivity index (χ0) is 12.6. The predicted octanol–water partition coefficient (Wildman–Crippen LogP) is 1.18. The fourth-order valence-corrected chi connectivity index (χ4v) is 2.82. The third-order valence-electron chi connectivity index (χ3n) is 3.14. The van der Waals surface area contributed by atoms with Gasteiger partial charge in [-0.2, -0.15) is 0 Å². The van der Waals surface area contributed by atoms with E-state index >= 15 is 0 Å². The van der Waals surface area contributed by atoms with Crippen LogP contribution in [0.15, 0.2) is 5.16 Å². The van der Waals surface area contributed by atoms with Gasteiger partial charge in [0, 0.05) is 5.54 Å². The summed E-state index contributed by atoms with van der Waals surface area (Å²) in [5.41, 5.74) is 5.68. The number of hydrogen-bond acceptors (Lipinski definition) is 5. The van der Waals surface area contributed by atoms with E-state index in [2.05, 4.69) is 24.0 Å². The lowest BCUT2D eigenvalue weighted by Gasteiger charge is -2.28. The predicted molar refractivity (Wildman–Crippen MR) is 64.8 cm³/mol. The van der Waals surface area contributed by atoms with Crippen molar-refractivity contribution in [2.24, 2.45) is 5.92 Å². The van der Waals surface area contributed by atoms with Crippen LogP contribution in [-0.4, -0.2) is 31.6 Å². The molecule has 1 saturated carbocycles. The second-order valence-corrected chi connectivity index (χ2v) is 5.73. The topological polar surface area (TPSA) is 94.0 Å². The molecule has 1 heterocycles. The number of carboxylic acid groups (broad SMARTS) is 1. The molecule has 0 aromatic carbocycles. The van der Waals surface area contributed by atoms with Crippen molar-refractivity contribution in [3.63, 3.8) is 0 Å². The number of hydrogen-bond donors (Lipinski definition) is 2. The highest BCUT2D eigenvalue weighted by Gasteiger charge is 2.41. The van der Waals surface area contributed by atoms with Crippen molar-refractivity contribution in [3.05, 3.63) is 0 Å². The Bertz CT molecular complexity index is 440. The molecule has 0 bridgehead atoms. The van der Waals surface area contributed by atoms with Crippen LogP contribution in [0.2, 0.25) is 0 Å². The lowest BCUT2D eigenvalue weighted by atomic mass is 9.99. The Morgan fingerprint density at radius 1 is 1.59 bits per heavy atom. The van der Waals surface area contributed by atoms with E-state index in [1.54, 1.807) is 0 Å². The summed E-state index contributed by atoms with van der Waals surface area (Å²) in [6, 6.07) is 0. The molecule has 2 rings (SSSR count). The Morgan fingerprint density at radius 3 is 2.76 bits per heavy atom. The highest BCUT2D eigenvalue weighted by Crippen LogP contribution is 2.45. The first-order valence-electron chi connectivity index (χ1n) is 5.49. The van der Waals surface area contributed by atoms with Gasteiger partial charge in [0.15, 0.2) is 5.16 Å². The van der Waals surface area contributed by atoms with E-state index in [-0.39, 0.29) is 11.3 Å². The summed E-state index contributed by atoms with van der Waals surface area (Å²) < 4.78 is 1.86. The minimum absolute atomic E-state index is 0.0289. The van der Waals surface area contributed by atoms with Gasteiger partial charge in [-0.25, -0.2) is 0 Å². The normalized spacial score (nSPS) is 16.1. The van der Waals surface area contributed by atoms with Crippen LogP contribution in [0.1, 0.15) is 26.7 Å². The molecular weight excluding hydrogens is 240 g/mol. The van der Waals surface area contributed by atoms with Crippen molar-refractivity contribution in [3.8, 4) is 0 Å². The van der Waals surface area contributed by atoms with E-state index in [0.717, 1.165) is 11.8 Å². The first-order valence-corrected chi connectivity index (χ1v) is 6.47. The van der Waals surface area contributed by atoms with E-state index < -0.39 is 5.97 Å². The van der Waals surface area contributed by atoms with Crippen LogP contribution < -0.4 is 5.73 Å². The number of carbonyl (C=O) groups is 1. The second kappa shape index (κ2) is 4.21. The summed E-state index contributed by atoms with van der Waals surface area (Å²) in [4.78, 5) is 10.6. The van der Waals surface area contributed by atoms with Gasteiger partial charge in [-0.15, -0.1) is 10.2 Å². The Labute approximate surface area is 104 Å². The second-order valence-electron chi connectivity index (χ2n) is 4.79. The van der Waals surface area contributed by atoms with Crippen LogP contribution in [0, 0.1) is 5.92 Å². The maximum absolute atomic E-state index is 10.6. The standard InChI is InChI=1S/C10H16N4O2S/c1-10(2,6-3-4-6)14-8(11)12-13-9(14)17-5-7(15)16/h6H,3-5H2,1-2H3,(H2,11,12)(H,15,16). The van der Waals surface area contributed by atoms with Crippen molar-refractivity contribution in [2.45, 2.75) is 37.4 Å². The summed E-state index contributed by atoms with van der Waals surface area (Å²) in [5, 5.41) is 17.1.